The SMILES string of the molecule is CC(=O)NC(C(=O)N1CC2C(C1C(=O)NC(C#N)CC1CCC3(CC3)NC1=O)C2(C)C)C(C)(C)C.[HH]. The second kappa shape index (κ2) is 8.49. The Labute approximate surface area is 209 Å². The van der Waals surface area contributed by atoms with Crippen LogP contribution in [0.3, 0.4) is 0 Å². The largest absolute Gasteiger partial charge is 0.350 e. The summed E-state index contributed by atoms with van der Waals surface area (Å²) in [5, 5.41) is 18.5. The molecule has 0 aromatic rings. The van der Waals surface area contributed by atoms with Gasteiger partial charge in [0.05, 0.1) is 6.07 Å². The number of rotatable bonds is 6. The number of carbonyl (C=O) groups excluding carboxylic acids is 4. The van der Waals surface area contributed by atoms with E-state index in [1.54, 1.807) is 4.90 Å². The first-order valence-electron chi connectivity index (χ1n) is 12.8. The number of piperidine rings is 2. The van der Waals surface area contributed by atoms with Crippen molar-refractivity contribution < 1.29 is 20.6 Å². The summed E-state index contributed by atoms with van der Waals surface area (Å²) in [6.07, 6.45) is 3.92. The molecule has 4 rings (SSSR count). The Morgan fingerprint density at radius 3 is 2.40 bits per heavy atom. The third-order valence-corrected chi connectivity index (χ3v) is 8.80. The van der Waals surface area contributed by atoms with Crippen LogP contribution in [0, 0.1) is 39.9 Å². The molecule has 2 saturated carbocycles. The minimum absolute atomic E-state index is 0. The molecule has 3 N–H and O–H groups in total. The number of nitrogens with zero attached hydrogens (tertiary/aromatic N) is 2. The molecule has 6 unspecified atom stereocenters. The predicted octanol–water partition coefficient (Wildman–Crippen LogP) is 1.72. The lowest BCUT2D eigenvalue weighted by molar-refractivity contribution is -0.145. The summed E-state index contributed by atoms with van der Waals surface area (Å²) in [6.45, 7) is 11.7. The van der Waals surface area contributed by atoms with Gasteiger partial charge in [0.1, 0.15) is 18.1 Å². The Balaban J connectivity index is 0.00000361. The summed E-state index contributed by atoms with van der Waals surface area (Å²) in [5.74, 6) is -1.07. The number of likely N-dealkylation sites (tertiary alicyclic amines) is 1. The van der Waals surface area contributed by atoms with Gasteiger partial charge in [-0.3, -0.25) is 19.2 Å². The van der Waals surface area contributed by atoms with Gasteiger partial charge in [0.2, 0.25) is 23.6 Å². The van der Waals surface area contributed by atoms with E-state index >= 15 is 0 Å². The zero-order valence-corrected chi connectivity index (χ0v) is 21.7. The molecule has 194 valence electrons. The summed E-state index contributed by atoms with van der Waals surface area (Å²) in [7, 11) is 0. The Hall–Kier alpha value is -2.63. The Morgan fingerprint density at radius 2 is 1.89 bits per heavy atom. The molecule has 2 aliphatic heterocycles. The van der Waals surface area contributed by atoms with Crippen LogP contribution in [0.1, 0.15) is 75.1 Å². The van der Waals surface area contributed by atoms with Gasteiger partial charge in [-0.1, -0.05) is 34.6 Å². The van der Waals surface area contributed by atoms with E-state index in [1.807, 2.05) is 20.8 Å². The molecule has 4 aliphatic rings. The molecule has 4 fully saturated rings. The van der Waals surface area contributed by atoms with E-state index < -0.39 is 23.5 Å². The van der Waals surface area contributed by atoms with Crippen molar-refractivity contribution in [3.05, 3.63) is 0 Å². The average molecular weight is 488 g/mol. The molecule has 6 atom stereocenters. The van der Waals surface area contributed by atoms with Crippen LogP contribution in [0.15, 0.2) is 0 Å². The van der Waals surface area contributed by atoms with Crippen molar-refractivity contribution in [1.82, 2.24) is 20.9 Å². The van der Waals surface area contributed by atoms with Crippen LogP contribution in [0.2, 0.25) is 0 Å². The summed E-state index contributed by atoms with van der Waals surface area (Å²) >= 11 is 0. The van der Waals surface area contributed by atoms with Gasteiger partial charge < -0.3 is 20.9 Å². The molecule has 0 aromatic heterocycles. The highest BCUT2D eigenvalue weighted by Crippen LogP contribution is 2.65. The van der Waals surface area contributed by atoms with Crippen LogP contribution in [0.25, 0.3) is 0 Å². The first-order chi connectivity index (χ1) is 16.2. The van der Waals surface area contributed by atoms with E-state index in [9.17, 15) is 24.4 Å². The molecule has 0 aromatic carbocycles. The van der Waals surface area contributed by atoms with Crippen molar-refractivity contribution >= 4 is 23.6 Å². The molecule has 0 bridgehead atoms. The Kier molecular flexibility index (Phi) is 6.18. The van der Waals surface area contributed by atoms with E-state index in [0.29, 0.717) is 6.54 Å². The van der Waals surface area contributed by atoms with E-state index in [2.05, 4.69) is 35.9 Å². The smallest absolute Gasteiger partial charge is 0.246 e. The molecule has 2 heterocycles. The van der Waals surface area contributed by atoms with E-state index in [0.717, 1.165) is 25.7 Å². The fourth-order valence-electron chi connectivity index (χ4n) is 6.27. The van der Waals surface area contributed by atoms with Crippen LogP contribution in [0.4, 0.5) is 0 Å². The summed E-state index contributed by atoms with van der Waals surface area (Å²) in [4.78, 5) is 53.1. The molecule has 1 spiro atoms. The fraction of sp³-hybridized carbons (Fsp3) is 0.808. The molecule has 9 nitrogen and oxygen atoms in total. The van der Waals surface area contributed by atoms with E-state index in [4.69, 9.17) is 0 Å². The summed E-state index contributed by atoms with van der Waals surface area (Å²) in [6, 6.07) is -0.115. The number of amides is 4. The second-order valence-electron chi connectivity index (χ2n) is 12.8. The monoisotopic (exact) mass is 487 g/mol. The van der Waals surface area contributed by atoms with Crippen molar-refractivity contribution in [2.45, 2.75) is 97.3 Å². The Bertz CT molecular complexity index is 980. The number of hydrogen-bond donors (Lipinski definition) is 3. The molecule has 4 amide bonds. The van der Waals surface area contributed by atoms with Crippen molar-refractivity contribution in [2.75, 3.05) is 6.54 Å². The van der Waals surface area contributed by atoms with Gasteiger partial charge in [-0.2, -0.15) is 5.26 Å². The van der Waals surface area contributed by atoms with Crippen LogP contribution in [-0.2, 0) is 19.2 Å². The first-order valence-corrected chi connectivity index (χ1v) is 12.8. The van der Waals surface area contributed by atoms with Gasteiger partial charge in [-0.15, -0.1) is 0 Å². The molecular formula is C26H41N5O4. The summed E-state index contributed by atoms with van der Waals surface area (Å²) < 4.78 is 0. The fourth-order valence-corrected chi connectivity index (χ4v) is 6.27. The molecular weight excluding hydrogens is 446 g/mol. The van der Waals surface area contributed by atoms with Gasteiger partial charge in [0.15, 0.2) is 0 Å². The van der Waals surface area contributed by atoms with Crippen molar-refractivity contribution in [3.63, 3.8) is 0 Å². The number of carbonyl (C=O) groups is 4. The maximum absolute atomic E-state index is 13.6. The topological polar surface area (TPSA) is 131 Å². The average Bonchev–Trinajstić information content (AvgIpc) is 3.53. The van der Waals surface area contributed by atoms with E-state index in [-0.39, 0.29) is 60.2 Å². The lowest BCUT2D eigenvalue weighted by Crippen LogP contribution is -2.59. The van der Waals surface area contributed by atoms with Gasteiger partial charge in [-0.05, 0) is 54.8 Å². The minimum atomic E-state index is -0.807. The van der Waals surface area contributed by atoms with Gasteiger partial charge in [0, 0.05) is 26.4 Å². The normalized spacial score (nSPS) is 31.5. The lowest BCUT2D eigenvalue weighted by atomic mass is 9.85. The zero-order valence-electron chi connectivity index (χ0n) is 21.7. The maximum atomic E-state index is 13.6. The highest BCUT2D eigenvalue weighted by atomic mass is 16.2. The standard InChI is InChI=1S/C26H39N5O4.H2/c1-14(32)28-20(24(2,3)4)23(35)31-13-17-18(25(17,5)6)19(31)22(34)29-16(12-27)11-15-7-8-26(9-10-26)30-21(15)33;/h15-20H,7-11,13H2,1-6H3,(H,28,32)(H,29,34)(H,30,33);1H. The van der Waals surface area contributed by atoms with Gasteiger partial charge in [-0.25, -0.2) is 0 Å². The third kappa shape index (κ3) is 4.76. The first kappa shape index (κ1) is 25.5. The minimum Gasteiger partial charge on any atom is -0.350 e. The number of nitriles is 1. The highest BCUT2D eigenvalue weighted by molar-refractivity contribution is 5.94. The maximum Gasteiger partial charge on any atom is 0.246 e. The Morgan fingerprint density at radius 1 is 1.23 bits per heavy atom. The number of nitrogens with one attached hydrogen (secondary N) is 3. The molecule has 2 saturated heterocycles. The zero-order chi connectivity index (χ0) is 25.9. The van der Waals surface area contributed by atoms with Gasteiger partial charge in [0.25, 0.3) is 0 Å². The highest BCUT2D eigenvalue weighted by Gasteiger charge is 2.69. The molecule has 9 heteroatoms. The number of fused-ring (bicyclic) bond motifs is 1. The predicted molar refractivity (Wildman–Crippen MR) is 130 cm³/mol. The van der Waals surface area contributed by atoms with Crippen molar-refractivity contribution in [1.29, 1.82) is 5.26 Å². The number of hydrogen-bond acceptors (Lipinski definition) is 5. The van der Waals surface area contributed by atoms with Crippen molar-refractivity contribution in [3.8, 4) is 6.07 Å². The van der Waals surface area contributed by atoms with Crippen LogP contribution in [0.5, 0.6) is 0 Å². The van der Waals surface area contributed by atoms with Crippen molar-refractivity contribution in [2.24, 2.45) is 28.6 Å². The van der Waals surface area contributed by atoms with Crippen LogP contribution >= 0.6 is 0 Å². The molecule has 0 radical (unpaired) electrons. The molecule has 35 heavy (non-hydrogen) atoms. The van der Waals surface area contributed by atoms with Crippen LogP contribution in [-0.4, -0.2) is 58.7 Å². The van der Waals surface area contributed by atoms with E-state index in [1.165, 1.54) is 6.92 Å². The second-order valence-corrected chi connectivity index (χ2v) is 12.8. The third-order valence-electron chi connectivity index (χ3n) is 8.80. The lowest BCUT2D eigenvalue weighted by Gasteiger charge is -2.37. The quantitative estimate of drug-likeness (QED) is 0.525. The summed E-state index contributed by atoms with van der Waals surface area (Å²) in [5.41, 5.74) is -0.629. The molecule has 2 aliphatic carbocycles. The van der Waals surface area contributed by atoms with Gasteiger partial charge >= 0.3 is 0 Å². The van der Waals surface area contributed by atoms with Crippen LogP contribution < -0.4 is 16.0 Å².